The first kappa shape index (κ1) is 28.4. The molecule has 50 heavy (non-hydrogen) atoms. The molecule has 0 saturated carbocycles. The Labute approximate surface area is 288 Å². The fraction of sp³-hybridized carbons (Fsp3) is 0.0444. The van der Waals surface area contributed by atoms with Crippen LogP contribution >= 0.6 is 0 Å². The molecular formula is C45H31N4O+. The first-order valence-corrected chi connectivity index (χ1v) is 16.9. The molecule has 0 atom stereocenters. The molecule has 0 saturated heterocycles. The van der Waals surface area contributed by atoms with E-state index in [0.717, 1.165) is 83.4 Å². The minimum Gasteiger partial charge on any atom is -0.454 e. The zero-order valence-corrected chi connectivity index (χ0v) is 27.6. The predicted octanol–water partition coefficient (Wildman–Crippen LogP) is 10.8. The van der Waals surface area contributed by atoms with Crippen LogP contribution in [0.4, 0.5) is 0 Å². The molecule has 5 heteroatoms. The van der Waals surface area contributed by atoms with Crippen molar-refractivity contribution in [2.45, 2.75) is 6.92 Å². The molecule has 10 aromatic rings. The van der Waals surface area contributed by atoms with Crippen molar-refractivity contribution >= 4 is 54.5 Å². The van der Waals surface area contributed by atoms with Crippen LogP contribution in [0, 0.1) is 6.92 Å². The third-order valence-corrected chi connectivity index (χ3v) is 10.2. The van der Waals surface area contributed by atoms with Gasteiger partial charge in [-0.15, -0.1) is 0 Å². The van der Waals surface area contributed by atoms with Gasteiger partial charge >= 0.3 is 0 Å². The number of para-hydroxylation sites is 2. The number of furan rings is 1. The van der Waals surface area contributed by atoms with Crippen molar-refractivity contribution in [2.75, 3.05) is 0 Å². The molecule has 0 unspecified atom stereocenters. The molecule has 0 bridgehead atoms. The lowest BCUT2D eigenvalue weighted by molar-refractivity contribution is -0.633. The molecule has 0 radical (unpaired) electrons. The van der Waals surface area contributed by atoms with Crippen molar-refractivity contribution in [1.29, 1.82) is 0 Å². The number of hydrogen-bond donors (Lipinski definition) is 0. The highest BCUT2D eigenvalue weighted by Gasteiger charge is 2.31. The number of rotatable bonds is 4. The summed E-state index contributed by atoms with van der Waals surface area (Å²) < 4.78 is 11.7. The van der Waals surface area contributed by atoms with E-state index >= 15 is 0 Å². The third kappa shape index (κ3) is 4.17. The van der Waals surface area contributed by atoms with Gasteiger partial charge in [-0.2, -0.15) is 4.57 Å². The molecule has 0 N–H and O–H groups in total. The van der Waals surface area contributed by atoms with Gasteiger partial charge in [0.25, 0.3) is 5.82 Å². The second-order valence-corrected chi connectivity index (χ2v) is 13.0. The van der Waals surface area contributed by atoms with E-state index in [1.807, 2.05) is 6.07 Å². The quantitative estimate of drug-likeness (QED) is 0.142. The van der Waals surface area contributed by atoms with Crippen molar-refractivity contribution in [3.05, 3.63) is 158 Å². The van der Waals surface area contributed by atoms with Crippen LogP contribution in [0.1, 0.15) is 5.56 Å². The summed E-state index contributed by atoms with van der Waals surface area (Å²) in [5, 5.41) is 7.07. The Kier molecular flexibility index (Phi) is 6.24. The zero-order valence-electron chi connectivity index (χ0n) is 27.6. The number of aromatic nitrogens is 4. The van der Waals surface area contributed by atoms with Gasteiger partial charge in [0, 0.05) is 27.9 Å². The maximum absolute atomic E-state index is 7.07. The molecule has 0 aliphatic rings. The Hall–Kier alpha value is -6.59. The topological polar surface area (TPSA) is 47.7 Å². The van der Waals surface area contributed by atoms with Gasteiger partial charge in [0.05, 0.1) is 12.7 Å². The van der Waals surface area contributed by atoms with E-state index in [9.17, 15) is 0 Å². The summed E-state index contributed by atoms with van der Waals surface area (Å²) in [6, 6.07) is 49.7. The van der Waals surface area contributed by atoms with E-state index in [-0.39, 0.29) is 0 Å². The Bertz CT molecular complexity index is 2920. The van der Waals surface area contributed by atoms with E-state index in [1.165, 1.54) is 16.2 Å². The molecule has 7 aromatic carbocycles. The molecule has 3 heterocycles. The first-order valence-electron chi connectivity index (χ1n) is 16.9. The summed E-state index contributed by atoms with van der Waals surface area (Å²) in [4.78, 5) is 8.44. The molecule has 3 aromatic heterocycles. The average molecular weight is 644 g/mol. The Morgan fingerprint density at radius 3 is 1.96 bits per heavy atom. The predicted molar refractivity (Wildman–Crippen MR) is 203 cm³/mol. The molecule has 0 aliphatic carbocycles. The number of fused-ring (bicyclic) bond motifs is 9. The van der Waals surface area contributed by atoms with Crippen molar-refractivity contribution < 1.29 is 8.98 Å². The monoisotopic (exact) mass is 643 g/mol. The van der Waals surface area contributed by atoms with Crippen LogP contribution < -0.4 is 4.57 Å². The van der Waals surface area contributed by atoms with Crippen molar-refractivity contribution in [1.82, 2.24) is 14.5 Å². The number of benzene rings is 7. The van der Waals surface area contributed by atoms with Gasteiger partial charge in [-0.05, 0) is 70.1 Å². The fourth-order valence-electron chi connectivity index (χ4n) is 7.80. The number of aryl methyl sites for hydroxylation is 2. The summed E-state index contributed by atoms with van der Waals surface area (Å²) in [5.74, 6) is 1.07. The molecule has 5 nitrogen and oxygen atoms in total. The summed E-state index contributed by atoms with van der Waals surface area (Å²) >= 11 is 0. The standard InChI is InChI=1S/C45H31N4O/c1-28-15-24-37-42-35-11-5-3-9-33(35)34-10-4-6-12-36(34)43(42)50-44(37)41(28)45-48(2)39-13-7-8-14-40(39)49(45)32-22-20-30(21-23-32)29-16-18-31(19-17-29)38-25-26-46-27-47-38/h3-27H,1-2H3/q+1. The van der Waals surface area contributed by atoms with E-state index < -0.39 is 0 Å². The normalized spacial score (nSPS) is 11.8. The largest absolute Gasteiger partial charge is 0.454 e. The molecule has 0 fully saturated rings. The minimum absolute atomic E-state index is 0.904. The zero-order chi connectivity index (χ0) is 33.3. The lowest BCUT2D eigenvalue weighted by Gasteiger charge is -2.09. The molecule has 10 rings (SSSR count). The van der Waals surface area contributed by atoms with Crippen LogP contribution in [-0.4, -0.2) is 14.5 Å². The Morgan fingerprint density at radius 2 is 1.22 bits per heavy atom. The molecule has 236 valence electrons. The number of imidazole rings is 1. The smallest absolute Gasteiger partial charge is 0.298 e. The highest BCUT2D eigenvalue weighted by molar-refractivity contribution is 6.31. The van der Waals surface area contributed by atoms with Gasteiger partial charge < -0.3 is 4.42 Å². The van der Waals surface area contributed by atoms with E-state index in [1.54, 1.807) is 12.5 Å². The maximum atomic E-state index is 7.07. The van der Waals surface area contributed by atoms with Crippen LogP contribution in [0.5, 0.6) is 0 Å². The highest BCUT2D eigenvalue weighted by atomic mass is 16.3. The van der Waals surface area contributed by atoms with Gasteiger partial charge in [-0.25, -0.2) is 14.5 Å². The summed E-state index contributed by atoms with van der Waals surface area (Å²) in [7, 11) is 2.16. The first-order chi connectivity index (χ1) is 24.7. The van der Waals surface area contributed by atoms with Gasteiger partial charge in [0.2, 0.25) is 0 Å². The van der Waals surface area contributed by atoms with Crippen LogP contribution in [0.2, 0.25) is 0 Å². The van der Waals surface area contributed by atoms with E-state index in [0.29, 0.717) is 0 Å². The van der Waals surface area contributed by atoms with Crippen LogP contribution in [-0.2, 0) is 7.05 Å². The molecular weight excluding hydrogens is 613 g/mol. The van der Waals surface area contributed by atoms with E-state index in [2.05, 4.69) is 167 Å². The molecule has 0 aliphatic heterocycles. The van der Waals surface area contributed by atoms with Crippen LogP contribution in [0.25, 0.3) is 94.0 Å². The molecule has 0 spiro atoms. The fourth-order valence-corrected chi connectivity index (χ4v) is 7.80. The third-order valence-electron chi connectivity index (χ3n) is 10.2. The van der Waals surface area contributed by atoms with Gasteiger partial charge in [0.15, 0.2) is 16.6 Å². The van der Waals surface area contributed by atoms with E-state index in [4.69, 9.17) is 4.42 Å². The van der Waals surface area contributed by atoms with Crippen LogP contribution in [0.15, 0.2) is 156 Å². The lowest BCUT2D eigenvalue weighted by Crippen LogP contribution is -2.30. The van der Waals surface area contributed by atoms with Gasteiger partial charge in [0.1, 0.15) is 23.2 Å². The van der Waals surface area contributed by atoms with Crippen LogP contribution in [0.3, 0.4) is 0 Å². The summed E-state index contributed by atoms with van der Waals surface area (Å²) in [6.07, 6.45) is 3.36. The van der Waals surface area contributed by atoms with Crippen molar-refractivity contribution in [3.8, 4) is 39.5 Å². The summed E-state index contributed by atoms with van der Waals surface area (Å²) in [6.45, 7) is 2.19. The highest BCUT2D eigenvalue weighted by Crippen LogP contribution is 2.44. The Morgan fingerprint density at radius 1 is 0.580 bits per heavy atom. The minimum atomic E-state index is 0.904. The van der Waals surface area contributed by atoms with Crippen molar-refractivity contribution in [3.63, 3.8) is 0 Å². The molecule has 0 amide bonds. The van der Waals surface area contributed by atoms with Gasteiger partial charge in [-0.1, -0.05) is 109 Å². The number of hydrogen-bond acceptors (Lipinski definition) is 3. The maximum Gasteiger partial charge on any atom is 0.298 e. The summed E-state index contributed by atoms with van der Waals surface area (Å²) in [5.41, 5.74) is 11.7. The second kappa shape index (κ2) is 11.0. The van der Waals surface area contributed by atoms with Crippen molar-refractivity contribution in [2.24, 2.45) is 7.05 Å². The Balaban J connectivity index is 1.19. The SMILES string of the molecule is Cc1ccc2c(oc3c4ccccc4c4ccccc4c23)c1-c1n(-c2ccc(-c3ccc(-c4ccncn4)cc3)cc2)c2ccccc2[n+]1C. The second-order valence-electron chi connectivity index (χ2n) is 13.0. The van der Waals surface area contributed by atoms with Gasteiger partial charge in [-0.3, -0.25) is 0 Å². The average Bonchev–Trinajstić information content (AvgIpc) is 3.71. The lowest BCUT2D eigenvalue weighted by atomic mass is 9.96. The number of nitrogens with zero attached hydrogens (tertiary/aromatic N) is 4.